The van der Waals surface area contributed by atoms with Gasteiger partial charge in [-0.05, 0) is 25.6 Å². The predicted octanol–water partition coefficient (Wildman–Crippen LogP) is 2.16. The summed E-state index contributed by atoms with van der Waals surface area (Å²) in [6, 6.07) is 7.00. The summed E-state index contributed by atoms with van der Waals surface area (Å²) in [5.41, 5.74) is 0.561. The van der Waals surface area contributed by atoms with Crippen molar-refractivity contribution >= 4 is 29.2 Å². The number of halogens is 1. The lowest BCUT2D eigenvalue weighted by Crippen LogP contribution is -2.37. The molecule has 20 heavy (non-hydrogen) atoms. The standard InChI is InChI=1S/C14H19ClN2O3/c1-3-17(10-14(19)20-4-2)9-13(18)16-12-8-6-5-7-11(12)15/h5-8H,3-4,9-10H2,1-2H3,(H,16,18). The minimum atomic E-state index is -0.333. The number of ether oxygens (including phenoxy) is 1. The molecule has 0 aliphatic heterocycles. The summed E-state index contributed by atoms with van der Waals surface area (Å²) in [5, 5.41) is 3.20. The van der Waals surface area contributed by atoms with E-state index in [0.29, 0.717) is 23.9 Å². The quantitative estimate of drug-likeness (QED) is 0.784. The zero-order valence-corrected chi connectivity index (χ0v) is 12.4. The molecule has 0 fully saturated rings. The molecular formula is C14H19ClN2O3. The first-order valence-corrected chi connectivity index (χ1v) is 6.87. The lowest BCUT2D eigenvalue weighted by Gasteiger charge is -2.18. The van der Waals surface area contributed by atoms with E-state index in [1.807, 2.05) is 6.92 Å². The number of nitrogens with one attached hydrogen (secondary N) is 1. The summed E-state index contributed by atoms with van der Waals surface area (Å²) in [7, 11) is 0. The fourth-order valence-electron chi connectivity index (χ4n) is 1.62. The third-order valence-electron chi connectivity index (χ3n) is 2.62. The number of esters is 1. The number of carbonyl (C=O) groups excluding carboxylic acids is 2. The number of likely N-dealkylation sites (N-methyl/N-ethyl adjacent to an activating group) is 1. The Morgan fingerprint density at radius 3 is 2.55 bits per heavy atom. The average molecular weight is 299 g/mol. The van der Waals surface area contributed by atoms with Gasteiger partial charge >= 0.3 is 5.97 Å². The van der Waals surface area contributed by atoms with Gasteiger partial charge in [0.1, 0.15) is 0 Å². The number of carbonyl (C=O) groups is 2. The van der Waals surface area contributed by atoms with Crippen LogP contribution in [0.1, 0.15) is 13.8 Å². The summed E-state index contributed by atoms with van der Waals surface area (Å²) in [5.74, 6) is -0.552. The van der Waals surface area contributed by atoms with Crippen molar-refractivity contribution in [1.29, 1.82) is 0 Å². The Bertz CT molecular complexity index is 465. The molecule has 1 rings (SSSR count). The first kappa shape index (κ1) is 16.5. The molecule has 0 atom stereocenters. The maximum absolute atomic E-state index is 11.9. The van der Waals surface area contributed by atoms with E-state index in [1.165, 1.54) is 0 Å². The van der Waals surface area contributed by atoms with E-state index in [1.54, 1.807) is 36.1 Å². The highest BCUT2D eigenvalue weighted by molar-refractivity contribution is 6.33. The molecule has 110 valence electrons. The summed E-state index contributed by atoms with van der Waals surface area (Å²) in [4.78, 5) is 25.0. The van der Waals surface area contributed by atoms with Crippen molar-refractivity contribution in [2.75, 3.05) is 31.6 Å². The lowest BCUT2D eigenvalue weighted by molar-refractivity contribution is -0.144. The Balaban J connectivity index is 2.51. The average Bonchev–Trinajstić information content (AvgIpc) is 2.41. The van der Waals surface area contributed by atoms with Crippen LogP contribution in [-0.2, 0) is 14.3 Å². The third kappa shape index (κ3) is 5.59. The Kier molecular flexibility index (Phi) is 7.04. The molecule has 0 aliphatic carbocycles. The Morgan fingerprint density at radius 2 is 1.95 bits per heavy atom. The van der Waals surface area contributed by atoms with Crippen LogP contribution in [0.25, 0.3) is 0 Å². The van der Waals surface area contributed by atoms with Crippen LogP contribution >= 0.6 is 11.6 Å². The van der Waals surface area contributed by atoms with Crippen LogP contribution in [0.4, 0.5) is 5.69 Å². The molecule has 0 aromatic heterocycles. The molecule has 0 saturated carbocycles. The molecule has 0 bridgehead atoms. The second kappa shape index (κ2) is 8.55. The molecular weight excluding hydrogens is 280 g/mol. The van der Waals surface area contributed by atoms with Crippen LogP contribution < -0.4 is 5.32 Å². The zero-order valence-electron chi connectivity index (χ0n) is 11.7. The molecule has 0 radical (unpaired) electrons. The lowest BCUT2D eigenvalue weighted by atomic mass is 10.3. The van der Waals surface area contributed by atoms with Crippen molar-refractivity contribution in [3.63, 3.8) is 0 Å². The monoisotopic (exact) mass is 298 g/mol. The highest BCUT2D eigenvalue weighted by atomic mass is 35.5. The van der Waals surface area contributed by atoms with Crippen LogP contribution in [0.2, 0.25) is 5.02 Å². The molecule has 1 amide bonds. The minimum Gasteiger partial charge on any atom is -0.465 e. The van der Waals surface area contributed by atoms with Gasteiger partial charge in [-0.2, -0.15) is 0 Å². The number of hydrogen-bond donors (Lipinski definition) is 1. The largest absolute Gasteiger partial charge is 0.465 e. The van der Waals surface area contributed by atoms with Crippen LogP contribution in [0.15, 0.2) is 24.3 Å². The Labute approximate surface area is 123 Å². The van der Waals surface area contributed by atoms with E-state index in [-0.39, 0.29) is 25.0 Å². The summed E-state index contributed by atoms with van der Waals surface area (Å²) >= 11 is 5.96. The second-order valence-corrected chi connectivity index (χ2v) is 4.54. The first-order valence-electron chi connectivity index (χ1n) is 6.49. The predicted molar refractivity (Wildman–Crippen MR) is 78.8 cm³/mol. The number of nitrogens with zero attached hydrogens (tertiary/aromatic N) is 1. The maximum atomic E-state index is 11.9. The Hall–Kier alpha value is -1.59. The van der Waals surface area contributed by atoms with Gasteiger partial charge in [-0.25, -0.2) is 0 Å². The number of benzene rings is 1. The fraction of sp³-hybridized carbons (Fsp3) is 0.429. The van der Waals surface area contributed by atoms with Crippen molar-refractivity contribution in [3.8, 4) is 0 Å². The molecule has 0 aliphatic rings. The normalized spacial score (nSPS) is 10.4. The van der Waals surface area contributed by atoms with Crippen molar-refractivity contribution in [3.05, 3.63) is 29.3 Å². The third-order valence-corrected chi connectivity index (χ3v) is 2.95. The fourth-order valence-corrected chi connectivity index (χ4v) is 1.81. The van der Waals surface area contributed by atoms with Gasteiger partial charge in [0, 0.05) is 0 Å². The summed E-state index contributed by atoms with van der Waals surface area (Å²) in [6.45, 7) is 4.75. The van der Waals surface area contributed by atoms with Gasteiger partial charge in [0.25, 0.3) is 0 Å². The molecule has 0 saturated heterocycles. The number of para-hydroxylation sites is 1. The van der Waals surface area contributed by atoms with Crippen LogP contribution in [-0.4, -0.2) is 43.0 Å². The Morgan fingerprint density at radius 1 is 1.25 bits per heavy atom. The second-order valence-electron chi connectivity index (χ2n) is 4.14. The van der Waals surface area contributed by atoms with Gasteiger partial charge in [0.15, 0.2) is 0 Å². The highest BCUT2D eigenvalue weighted by Gasteiger charge is 2.14. The minimum absolute atomic E-state index is 0.0975. The maximum Gasteiger partial charge on any atom is 0.320 e. The van der Waals surface area contributed by atoms with Gasteiger partial charge in [0.2, 0.25) is 5.91 Å². The summed E-state index contributed by atoms with van der Waals surface area (Å²) < 4.78 is 4.86. The smallest absolute Gasteiger partial charge is 0.320 e. The van der Waals surface area contributed by atoms with E-state index in [2.05, 4.69) is 5.32 Å². The summed E-state index contributed by atoms with van der Waals surface area (Å²) in [6.07, 6.45) is 0. The molecule has 0 unspecified atom stereocenters. The van der Waals surface area contributed by atoms with E-state index in [9.17, 15) is 9.59 Å². The topological polar surface area (TPSA) is 58.6 Å². The first-order chi connectivity index (χ1) is 9.56. The van der Waals surface area contributed by atoms with Crippen molar-refractivity contribution in [1.82, 2.24) is 4.90 Å². The number of rotatable bonds is 7. The van der Waals surface area contributed by atoms with Crippen LogP contribution in [0.3, 0.4) is 0 Å². The molecule has 6 heteroatoms. The highest BCUT2D eigenvalue weighted by Crippen LogP contribution is 2.20. The van der Waals surface area contributed by atoms with E-state index in [0.717, 1.165) is 0 Å². The van der Waals surface area contributed by atoms with Gasteiger partial charge < -0.3 is 10.1 Å². The van der Waals surface area contributed by atoms with Crippen LogP contribution in [0.5, 0.6) is 0 Å². The SMILES string of the molecule is CCOC(=O)CN(CC)CC(=O)Nc1ccccc1Cl. The van der Waals surface area contributed by atoms with Gasteiger partial charge in [-0.15, -0.1) is 0 Å². The molecule has 1 aromatic carbocycles. The van der Waals surface area contributed by atoms with E-state index >= 15 is 0 Å². The van der Waals surface area contributed by atoms with Crippen molar-refractivity contribution in [2.24, 2.45) is 0 Å². The zero-order chi connectivity index (χ0) is 15.0. The number of anilines is 1. The van der Waals surface area contributed by atoms with Crippen molar-refractivity contribution < 1.29 is 14.3 Å². The molecule has 5 nitrogen and oxygen atoms in total. The number of hydrogen-bond acceptors (Lipinski definition) is 4. The van der Waals surface area contributed by atoms with Gasteiger partial charge in [-0.3, -0.25) is 14.5 Å². The van der Waals surface area contributed by atoms with E-state index < -0.39 is 0 Å². The van der Waals surface area contributed by atoms with Crippen LogP contribution in [0, 0.1) is 0 Å². The van der Waals surface area contributed by atoms with Crippen molar-refractivity contribution in [2.45, 2.75) is 13.8 Å². The molecule has 1 N–H and O–H groups in total. The van der Waals surface area contributed by atoms with Gasteiger partial charge in [0.05, 0.1) is 30.4 Å². The van der Waals surface area contributed by atoms with Gasteiger partial charge in [-0.1, -0.05) is 30.7 Å². The molecule has 0 spiro atoms. The molecule has 0 heterocycles. The number of amides is 1. The molecule has 1 aromatic rings. The van der Waals surface area contributed by atoms with E-state index in [4.69, 9.17) is 16.3 Å².